The molecule has 0 radical (unpaired) electrons. The van der Waals surface area contributed by atoms with E-state index in [0.717, 1.165) is 5.56 Å². The molecule has 0 aliphatic carbocycles. The molecule has 1 saturated heterocycles. The number of esters is 1. The van der Waals surface area contributed by atoms with E-state index in [-0.39, 0.29) is 17.1 Å². The second kappa shape index (κ2) is 7.04. The van der Waals surface area contributed by atoms with Crippen LogP contribution in [0.1, 0.15) is 39.3 Å². The first-order chi connectivity index (χ1) is 11.9. The van der Waals surface area contributed by atoms with E-state index in [4.69, 9.17) is 4.74 Å². The molecule has 2 aliphatic rings. The van der Waals surface area contributed by atoms with E-state index in [2.05, 4.69) is 4.99 Å². The molecule has 0 N–H and O–H groups in total. The van der Waals surface area contributed by atoms with Crippen molar-refractivity contribution in [2.75, 3.05) is 6.61 Å². The summed E-state index contributed by atoms with van der Waals surface area (Å²) >= 11 is 1.43. The molecule has 3 rings (SSSR count). The van der Waals surface area contributed by atoms with Gasteiger partial charge >= 0.3 is 5.97 Å². The Kier molecular flexibility index (Phi) is 4.99. The molecule has 2 atom stereocenters. The molecule has 0 bridgehead atoms. The number of carbonyl (C=O) groups excluding carboxylic acids is 2. The number of amidine groups is 1. The molecular weight excluding hydrogens is 336 g/mol. The van der Waals surface area contributed by atoms with Crippen LogP contribution in [0.5, 0.6) is 0 Å². The molecule has 1 fully saturated rings. The topological polar surface area (TPSA) is 59.0 Å². The zero-order valence-corrected chi connectivity index (χ0v) is 15.7. The Hall–Kier alpha value is -2.08. The number of rotatable bonds is 4. The van der Waals surface area contributed by atoms with Crippen LogP contribution < -0.4 is 0 Å². The zero-order valence-electron chi connectivity index (χ0n) is 14.9. The van der Waals surface area contributed by atoms with Gasteiger partial charge in [0.15, 0.2) is 5.17 Å². The van der Waals surface area contributed by atoms with Crippen LogP contribution in [0.25, 0.3) is 0 Å². The van der Waals surface area contributed by atoms with Gasteiger partial charge in [-0.25, -0.2) is 9.79 Å². The maximum Gasteiger partial charge on any atom is 0.338 e. The molecule has 0 aromatic heterocycles. The molecule has 1 aromatic rings. The van der Waals surface area contributed by atoms with Crippen LogP contribution in [-0.4, -0.2) is 33.8 Å². The number of thioether (sulfide) groups is 1. The third kappa shape index (κ3) is 3.35. The van der Waals surface area contributed by atoms with Gasteiger partial charge < -0.3 is 4.74 Å². The summed E-state index contributed by atoms with van der Waals surface area (Å²) in [6, 6.07) is 9.10. The summed E-state index contributed by atoms with van der Waals surface area (Å²) < 4.78 is 5.46. The lowest BCUT2D eigenvalue weighted by Crippen LogP contribution is -2.40. The van der Waals surface area contributed by atoms with Gasteiger partial charge in [-0.2, -0.15) is 0 Å². The minimum atomic E-state index is -0.488. The highest BCUT2D eigenvalue weighted by atomic mass is 32.2. The number of aliphatic imine (C=N–C) groups is 1. The van der Waals surface area contributed by atoms with Crippen LogP contribution in [-0.2, 0) is 14.3 Å². The Morgan fingerprint density at radius 2 is 2.00 bits per heavy atom. The maximum absolute atomic E-state index is 12.8. The van der Waals surface area contributed by atoms with Crippen molar-refractivity contribution in [1.82, 2.24) is 4.90 Å². The summed E-state index contributed by atoms with van der Waals surface area (Å²) in [6.07, 6.45) is 0. The summed E-state index contributed by atoms with van der Waals surface area (Å²) in [5.74, 6) is -0.189. The summed E-state index contributed by atoms with van der Waals surface area (Å²) in [5.41, 5.74) is 1.94. The third-order valence-electron chi connectivity index (χ3n) is 4.14. The second-order valence-corrected chi connectivity index (χ2v) is 7.98. The Labute approximate surface area is 152 Å². The van der Waals surface area contributed by atoms with E-state index in [0.29, 0.717) is 23.0 Å². The van der Waals surface area contributed by atoms with Gasteiger partial charge in [-0.15, -0.1) is 0 Å². The SMILES string of the molecule is CC1=C(C(=O)OCC(C)C)C(c2ccccc2)N2C(=O)C(C)SC2=N1. The highest BCUT2D eigenvalue weighted by molar-refractivity contribution is 8.15. The van der Waals surface area contributed by atoms with Crippen LogP contribution >= 0.6 is 11.8 Å². The Morgan fingerprint density at radius 3 is 2.64 bits per heavy atom. The monoisotopic (exact) mass is 358 g/mol. The predicted octanol–water partition coefficient (Wildman–Crippen LogP) is 3.53. The first-order valence-corrected chi connectivity index (χ1v) is 9.29. The van der Waals surface area contributed by atoms with Crippen molar-refractivity contribution in [3.63, 3.8) is 0 Å². The number of ether oxygens (including phenoxy) is 1. The number of hydrogen-bond acceptors (Lipinski definition) is 5. The molecule has 2 aliphatic heterocycles. The first-order valence-electron chi connectivity index (χ1n) is 8.41. The number of benzene rings is 1. The highest BCUT2D eigenvalue weighted by Crippen LogP contribution is 2.43. The molecule has 25 heavy (non-hydrogen) atoms. The van der Waals surface area contributed by atoms with Gasteiger partial charge in [-0.1, -0.05) is 55.9 Å². The van der Waals surface area contributed by atoms with Gasteiger partial charge in [0.05, 0.1) is 29.2 Å². The molecule has 6 heteroatoms. The second-order valence-electron chi connectivity index (χ2n) is 6.67. The van der Waals surface area contributed by atoms with Crippen molar-refractivity contribution in [3.05, 3.63) is 47.2 Å². The fraction of sp³-hybridized carbons (Fsp3) is 0.421. The third-order valence-corrected chi connectivity index (χ3v) is 5.20. The van der Waals surface area contributed by atoms with Crippen molar-refractivity contribution in [2.24, 2.45) is 10.9 Å². The average Bonchev–Trinajstić information content (AvgIpc) is 2.86. The molecule has 0 saturated carbocycles. The summed E-state index contributed by atoms with van der Waals surface area (Å²) in [7, 11) is 0. The van der Waals surface area contributed by atoms with Crippen molar-refractivity contribution in [1.29, 1.82) is 0 Å². The minimum absolute atomic E-state index is 0.0285. The first kappa shape index (κ1) is 17.7. The predicted molar refractivity (Wildman–Crippen MR) is 99.0 cm³/mol. The van der Waals surface area contributed by atoms with Crippen LogP contribution in [0.4, 0.5) is 0 Å². The van der Waals surface area contributed by atoms with Crippen molar-refractivity contribution in [2.45, 2.75) is 39.0 Å². The lowest BCUT2D eigenvalue weighted by Gasteiger charge is -2.33. The zero-order chi connectivity index (χ0) is 18.1. The minimum Gasteiger partial charge on any atom is -0.462 e. The number of nitrogens with zero attached hydrogens (tertiary/aromatic N) is 2. The molecule has 1 aromatic carbocycles. The van der Waals surface area contributed by atoms with E-state index in [1.807, 2.05) is 51.1 Å². The van der Waals surface area contributed by atoms with Gasteiger partial charge in [0, 0.05) is 0 Å². The van der Waals surface area contributed by atoms with Crippen molar-refractivity contribution in [3.8, 4) is 0 Å². The number of allylic oxidation sites excluding steroid dienone is 1. The van der Waals surface area contributed by atoms with E-state index in [1.54, 1.807) is 11.8 Å². The van der Waals surface area contributed by atoms with Crippen LogP contribution in [0.15, 0.2) is 46.6 Å². The number of hydrogen-bond donors (Lipinski definition) is 0. The van der Waals surface area contributed by atoms with Gasteiger partial charge in [-0.05, 0) is 25.3 Å². The van der Waals surface area contributed by atoms with Gasteiger partial charge in [0.25, 0.3) is 0 Å². The van der Waals surface area contributed by atoms with E-state index in [1.165, 1.54) is 11.8 Å². The van der Waals surface area contributed by atoms with Crippen molar-refractivity contribution < 1.29 is 14.3 Å². The van der Waals surface area contributed by atoms with E-state index in [9.17, 15) is 9.59 Å². The van der Waals surface area contributed by atoms with Gasteiger partial charge in [0.2, 0.25) is 5.91 Å². The fourth-order valence-corrected chi connectivity index (χ4v) is 3.96. The number of amides is 1. The molecule has 5 nitrogen and oxygen atoms in total. The quantitative estimate of drug-likeness (QED) is 0.773. The molecular formula is C19H22N2O3S. The lowest BCUT2D eigenvalue weighted by atomic mass is 9.94. The number of carbonyl (C=O) groups is 2. The van der Waals surface area contributed by atoms with E-state index >= 15 is 0 Å². The van der Waals surface area contributed by atoms with Crippen LogP contribution in [0.2, 0.25) is 0 Å². The summed E-state index contributed by atoms with van der Waals surface area (Å²) in [5, 5.41) is 0.452. The van der Waals surface area contributed by atoms with Crippen molar-refractivity contribution >= 4 is 28.8 Å². The Bertz CT molecular complexity index is 755. The molecule has 2 heterocycles. The fourth-order valence-electron chi connectivity index (χ4n) is 2.93. The summed E-state index contributed by atoms with van der Waals surface area (Å²) in [6.45, 7) is 7.99. The lowest BCUT2D eigenvalue weighted by molar-refractivity contribution is -0.141. The van der Waals surface area contributed by atoms with Gasteiger partial charge in [-0.3, -0.25) is 9.69 Å². The van der Waals surface area contributed by atoms with Crippen LogP contribution in [0, 0.1) is 5.92 Å². The molecule has 2 unspecified atom stereocenters. The Balaban J connectivity index is 2.05. The molecule has 0 spiro atoms. The molecule has 1 amide bonds. The maximum atomic E-state index is 12.8. The van der Waals surface area contributed by atoms with E-state index < -0.39 is 12.0 Å². The average molecular weight is 358 g/mol. The standard InChI is InChI=1S/C19H22N2O3S/c1-11(2)10-24-18(23)15-12(3)20-19-21(17(22)13(4)25-19)16(15)14-8-6-5-7-9-14/h5-9,11,13,16H,10H2,1-4H3. The Morgan fingerprint density at radius 1 is 1.32 bits per heavy atom. The number of fused-ring (bicyclic) bond motifs is 1. The smallest absolute Gasteiger partial charge is 0.338 e. The normalized spacial score (nSPS) is 23.0. The highest BCUT2D eigenvalue weighted by Gasteiger charge is 2.46. The molecule has 132 valence electrons. The largest absolute Gasteiger partial charge is 0.462 e. The van der Waals surface area contributed by atoms with Gasteiger partial charge in [0.1, 0.15) is 0 Å². The summed E-state index contributed by atoms with van der Waals surface area (Å²) in [4.78, 5) is 31.6. The van der Waals surface area contributed by atoms with Crippen LogP contribution in [0.3, 0.4) is 0 Å².